The van der Waals surface area contributed by atoms with Crippen LogP contribution >= 0.6 is 0 Å². The highest BCUT2D eigenvalue weighted by atomic mass is 19.1. The Morgan fingerprint density at radius 3 is 2.76 bits per heavy atom. The minimum atomic E-state index is -0.619. The molecule has 1 saturated heterocycles. The van der Waals surface area contributed by atoms with Gasteiger partial charge in [-0.05, 0) is 32.9 Å². The fourth-order valence-corrected chi connectivity index (χ4v) is 2.37. The lowest BCUT2D eigenvalue weighted by molar-refractivity contribution is -0.0561. The molecule has 1 aliphatic heterocycles. The average Bonchev–Trinajstić information content (AvgIpc) is 2.92. The maximum absolute atomic E-state index is 13.4. The normalized spacial score (nSPS) is 16.2. The molecule has 0 bridgehead atoms. The molecule has 0 aliphatic carbocycles. The number of halogens is 1. The quantitative estimate of drug-likeness (QED) is 0.913. The summed E-state index contributed by atoms with van der Waals surface area (Å²) in [5.41, 5.74) is -0.123. The van der Waals surface area contributed by atoms with Crippen LogP contribution in [0.4, 0.5) is 9.18 Å². The van der Waals surface area contributed by atoms with Gasteiger partial charge in [-0.1, -0.05) is 17.3 Å². The van der Waals surface area contributed by atoms with Gasteiger partial charge in [0, 0.05) is 11.5 Å². The molecule has 25 heavy (non-hydrogen) atoms. The first-order chi connectivity index (χ1) is 11.8. The molecule has 0 spiro atoms. The molecule has 1 atom stereocenters. The van der Waals surface area contributed by atoms with Crippen LogP contribution in [0, 0.1) is 11.7 Å². The van der Waals surface area contributed by atoms with Crippen molar-refractivity contribution in [1.82, 2.24) is 15.5 Å². The monoisotopic (exact) mass is 349 g/mol. The third-order valence-electron chi connectivity index (χ3n) is 3.60. The van der Waals surface area contributed by atoms with E-state index in [0.717, 1.165) is 0 Å². The fraction of sp³-hybridized carbons (Fsp3) is 0.471. The lowest BCUT2D eigenvalue weighted by Gasteiger charge is -2.32. The molecule has 134 valence electrons. The standard InChI is InChI=1S/C17H20FN3O4/c1-17(2,3)24-16(22)19-13(11-8-23-9-11)15-20-14(21-25-15)10-5-4-6-12(18)7-10/h4-7,11,13H,8-9H2,1-3H3,(H,19,22). The molecule has 8 heteroatoms. The van der Waals surface area contributed by atoms with Gasteiger partial charge in [-0.25, -0.2) is 9.18 Å². The van der Waals surface area contributed by atoms with Crippen LogP contribution in [0.25, 0.3) is 11.4 Å². The zero-order valence-electron chi connectivity index (χ0n) is 14.3. The number of aromatic nitrogens is 2. The molecule has 2 aromatic rings. The number of amides is 1. The van der Waals surface area contributed by atoms with Crippen LogP contribution in [-0.2, 0) is 9.47 Å². The number of carbonyl (C=O) groups is 1. The molecule has 1 unspecified atom stereocenters. The topological polar surface area (TPSA) is 86.5 Å². The smallest absolute Gasteiger partial charge is 0.408 e. The summed E-state index contributed by atoms with van der Waals surface area (Å²) in [5.74, 6) is 0.108. The Labute approximate surface area is 144 Å². The number of nitrogens with zero attached hydrogens (tertiary/aromatic N) is 2. The lowest BCUT2D eigenvalue weighted by Crippen LogP contribution is -2.44. The number of benzene rings is 1. The van der Waals surface area contributed by atoms with Crippen LogP contribution < -0.4 is 5.32 Å². The number of rotatable bonds is 4. The van der Waals surface area contributed by atoms with Crippen LogP contribution in [-0.4, -0.2) is 35.0 Å². The summed E-state index contributed by atoms with van der Waals surface area (Å²) >= 11 is 0. The second-order valence-corrected chi connectivity index (χ2v) is 6.89. The summed E-state index contributed by atoms with van der Waals surface area (Å²) < 4.78 is 29.1. The Bertz CT molecular complexity index is 752. The number of carbonyl (C=O) groups excluding carboxylic acids is 1. The van der Waals surface area contributed by atoms with Crippen molar-refractivity contribution in [2.75, 3.05) is 13.2 Å². The van der Waals surface area contributed by atoms with Gasteiger partial charge in [-0.2, -0.15) is 4.98 Å². The van der Waals surface area contributed by atoms with Gasteiger partial charge in [0.25, 0.3) is 0 Å². The second-order valence-electron chi connectivity index (χ2n) is 6.89. The van der Waals surface area contributed by atoms with Gasteiger partial charge >= 0.3 is 6.09 Å². The molecule has 2 heterocycles. The van der Waals surface area contributed by atoms with E-state index in [4.69, 9.17) is 14.0 Å². The number of hydrogen-bond donors (Lipinski definition) is 1. The average molecular weight is 349 g/mol. The summed E-state index contributed by atoms with van der Waals surface area (Å²) in [6.07, 6.45) is -0.574. The van der Waals surface area contributed by atoms with Crippen LogP contribution in [0.1, 0.15) is 32.7 Å². The second kappa shape index (κ2) is 6.79. The van der Waals surface area contributed by atoms with Crippen LogP contribution in [0.3, 0.4) is 0 Å². The van der Waals surface area contributed by atoms with Crippen LogP contribution in [0.5, 0.6) is 0 Å². The Kier molecular flexibility index (Phi) is 4.71. The van der Waals surface area contributed by atoms with Gasteiger partial charge in [0.05, 0.1) is 13.2 Å². The fourth-order valence-electron chi connectivity index (χ4n) is 2.37. The van der Waals surface area contributed by atoms with Crippen molar-refractivity contribution in [2.24, 2.45) is 5.92 Å². The van der Waals surface area contributed by atoms with Crippen molar-refractivity contribution in [2.45, 2.75) is 32.4 Å². The third kappa shape index (κ3) is 4.33. The van der Waals surface area contributed by atoms with Gasteiger partial charge in [0.2, 0.25) is 11.7 Å². The van der Waals surface area contributed by atoms with E-state index in [9.17, 15) is 9.18 Å². The highest BCUT2D eigenvalue weighted by Crippen LogP contribution is 2.29. The van der Waals surface area contributed by atoms with E-state index in [2.05, 4.69) is 15.5 Å². The van der Waals surface area contributed by atoms with Gasteiger partial charge in [0.15, 0.2) is 0 Å². The van der Waals surface area contributed by atoms with E-state index in [0.29, 0.717) is 18.8 Å². The van der Waals surface area contributed by atoms with Crippen molar-refractivity contribution in [3.05, 3.63) is 36.0 Å². The SMILES string of the molecule is CC(C)(C)OC(=O)NC(c1nc(-c2cccc(F)c2)no1)C1COC1. The number of alkyl carbamates (subject to hydrolysis) is 1. The summed E-state index contributed by atoms with van der Waals surface area (Å²) in [4.78, 5) is 16.4. The van der Waals surface area contributed by atoms with Crippen molar-refractivity contribution in [1.29, 1.82) is 0 Å². The van der Waals surface area contributed by atoms with E-state index < -0.39 is 17.7 Å². The zero-order chi connectivity index (χ0) is 18.0. The summed E-state index contributed by atoms with van der Waals surface area (Å²) in [5, 5.41) is 6.64. The van der Waals surface area contributed by atoms with Crippen molar-refractivity contribution in [3.63, 3.8) is 0 Å². The largest absolute Gasteiger partial charge is 0.444 e. The molecule has 1 aliphatic rings. The Morgan fingerprint density at radius 1 is 1.40 bits per heavy atom. The van der Waals surface area contributed by atoms with Crippen molar-refractivity contribution < 1.29 is 23.2 Å². The minimum absolute atomic E-state index is 0.00771. The van der Waals surface area contributed by atoms with Crippen LogP contribution in [0.15, 0.2) is 28.8 Å². The Morgan fingerprint density at radius 2 is 2.16 bits per heavy atom. The van der Waals surface area contributed by atoms with E-state index in [-0.39, 0.29) is 23.5 Å². The van der Waals surface area contributed by atoms with Gasteiger partial charge in [-0.15, -0.1) is 0 Å². The summed E-state index contributed by atoms with van der Waals surface area (Å²) in [7, 11) is 0. The first-order valence-corrected chi connectivity index (χ1v) is 7.98. The van der Waals surface area contributed by atoms with Gasteiger partial charge in [0.1, 0.15) is 17.5 Å². The van der Waals surface area contributed by atoms with Gasteiger partial charge < -0.3 is 19.3 Å². The Hall–Kier alpha value is -2.48. The van der Waals surface area contributed by atoms with E-state index in [1.807, 2.05) is 0 Å². The molecular weight excluding hydrogens is 329 g/mol. The van der Waals surface area contributed by atoms with E-state index in [1.54, 1.807) is 32.9 Å². The number of nitrogens with one attached hydrogen (secondary N) is 1. The predicted octanol–water partition coefficient (Wildman–Crippen LogP) is 3.09. The molecule has 3 rings (SSSR count). The Balaban J connectivity index is 1.79. The molecule has 0 saturated carbocycles. The molecule has 1 amide bonds. The zero-order valence-corrected chi connectivity index (χ0v) is 14.3. The molecule has 1 aromatic carbocycles. The molecule has 1 fully saturated rings. The molecule has 1 aromatic heterocycles. The maximum Gasteiger partial charge on any atom is 0.408 e. The van der Waals surface area contributed by atoms with E-state index >= 15 is 0 Å². The van der Waals surface area contributed by atoms with Gasteiger partial charge in [-0.3, -0.25) is 0 Å². The van der Waals surface area contributed by atoms with E-state index in [1.165, 1.54) is 12.1 Å². The highest BCUT2D eigenvalue weighted by Gasteiger charge is 2.36. The minimum Gasteiger partial charge on any atom is -0.444 e. The molecule has 7 nitrogen and oxygen atoms in total. The maximum atomic E-state index is 13.4. The highest BCUT2D eigenvalue weighted by molar-refractivity contribution is 5.68. The summed E-state index contributed by atoms with van der Waals surface area (Å²) in [6, 6.07) is 5.37. The van der Waals surface area contributed by atoms with Crippen LogP contribution in [0.2, 0.25) is 0 Å². The van der Waals surface area contributed by atoms with Crippen molar-refractivity contribution >= 4 is 6.09 Å². The number of ether oxygens (including phenoxy) is 2. The lowest BCUT2D eigenvalue weighted by atomic mass is 9.98. The first kappa shape index (κ1) is 17.3. The third-order valence-corrected chi connectivity index (χ3v) is 3.60. The molecule has 1 N–H and O–H groups in total. The summed E-state index contributed by atoms with van der Waals surface area (Å²) in [6.45, 7) is 6.28. The molecular formula is C17H20FN3O4. The first-order valence-electron chi connectivity index (χ1n) is 7.98. The molecule has 0 radical (unpaired) electrons. The predicted molar refractivity (Wildman–Crippen MR) is 86.1 cm³/mol. The van der Waals surface area contributed by atoms with Crippen molar-refractivity contribution in [3.8, 4) is 11.4 Å². The number of hydrogen-bond acceptors (Lipinski definition) is 6.